The number of nitriles is 1. The maximum atomic E-state index is 12.6. The van der Waals surface area contributed by atoms with Crippen molar-refractivity contribution in [1.29, 1.82) is 5.26 Å². The molecule has 1 amide bonds. The number of piperidine rings is 1. The molecular formula is C20H26N2O3. The fraction of sp³-hybridized carbons (Fsp3) is 0.600. The van der Waals surface area contributed by atoms with E-state index >= 15 is 0 Å². The molecule has 2 saturated heterocycles. The number of aliphatic hydroxyl groups is 1. The van der Waals surface area contributed by atoms with Gasteiger partial charge in [-0.05, 0) is 57.7 Å². The number of amides is 1. The summed E-state index contributed by atoms with van der Waals surface area (Å²) in [5.74, 6) is 0. The fourth-order valence-corrected chi connectivity index (χ4v) is 4.32. The Morgan fingerprint density at radius 1 is 1.32 bits per heavy atom. The van der Waals surface area contributed by atoms with Gasteiger partial charge in [-0.3, -0.25) is 0 Å². The zero-order valence-electron chi connectivity index (χ0n) is 15.4. The Labute approximate surface area is 149 Å². The van der Waals surface area contributed by atoms with E-state index in [1.807, 2.05) is 44.7 Å². The predicted octanol–water partition coefficient (Wildman–Crippen LogP) is 3.62. The number of rotatable bonds is 1. The van der Waals surface area contributed by atoms with Gasteiger partial charge in [-0.15, -0.1) is 0 Å². The highest BCUT2D eigenvalue weighted by Crippen LogP contribution is 2.47. The SMILES string of the molecule is Cc1c(C#N)cccc1C1(O)CC2CCC(C1)N2C(=O)OC(C)(C)C. The molecule has 2 aliphatic rings. The molecule has 2 bridgehead atoms. The molecule has 25 heavy (non-hydrogen) atoms. The van der Waals surface area contributed by atoms with Gasteiger partial charge >= 0.3 is 6.09 Å². The average molecular weight is 342 g/mol. The van der Waals surface area contributed by atoms with Crippen LogP contribution in [0.5, 0.6) is 0 Å². The lowest BCUT2D eigenvalue weighted by atomic mass is 9.78. The summed E-state index contributed by atoms with van der Waals surface area (Å²) < 4.78 is 5.55. The summed E-state index contributed by atoms with van der Waals surface area (Å²) >= 11 is 0. The lowest BCUT2D eigenvalue weighted by Crippen LogP contribution is -2.53. The van der Waals surface area contributed by atoms with Gasteiger partial charge in [0.1, 0.15) is 5.60 Å². The van der Waals surface area contributed by atoms with Crippen molar-refractivity contribution >= 4 is 6.09 Å². The molecule has 3 rings (SSSR count). The molecule has 5 nitrogen and oxygen atoms in total. The number of benzene rings is 1. The lowest BCUT2D eigenvalue weighted by molar-refractivity contribution is -0.0627. The highest BCUT2D eigenvalue weighted by Gasteiger charge is 2.51. The molecule has 0 saturated carbocycles. The van der Waals surface area contributed by atoms with Gasteiger partial charge in [0.15, 0.2) is 0 Å². The van der Waals surface area contributed by atoms with Crippen molar-refractivity contribution in [3.05, 3.63) is 34.9 Å². The number of ether oxygens (including phenoxy) is 1. The predicted molar refractivity (Wildman–Crippen MR) is 93.9 cm³/mol. The number of hydrogen-bond acceptors (Lipinski definition) is 4. The van der Waals surface area contributed by atoms with Crippen molar-refractivity contribution in [3.8, 4) is 6.07 Å². The molecule has 2 atom stereocenters. The van der Waals surface area contributed by atoms with E-state index < -0.39 is 11.2 Å². The van der Waals surface area contributed by atoms with Gasteiger partial charge < -0.3 is 14.7 Å². The van der Waals surface area contributed by atoms with E-state index in [2.05, 4.69) is 6.07 Å². The Morgan fingerprint density at radius 2 is 1.92 bits per heavy atom. The molecule has 2 heterocycles. The van der Waals surface area contributed by atoms with Crippen LogP contribution in [-0.4, -0.2) is 33.8 Å². The third kappa shape index (κ3) is 3.23. The molecule has 2 fully saturated rings. The number of carbonyl (C=O) groups excluding carboxylic acids is 1. The number of nitrogens with zero attached hydrogens (tertiary/aromatic N) is 2. The Kier molecular flexibility index (Phi) is 4.28. The Bertz CT molecular complexity index is 715. The normalized spacial score (nSPS) is 28.6. The van der Waals surface area contributed by atoms with Crippen LogP contribution in [0.2, 0.25) is 0 Å². The van der Waals surface area contributed by atoms with Crippen LogP contribution < -0.4 is 0 Å². The summed E-state index contributed by atoms with van der Waals surface area (Å²) in [6.07, 6.45) is 2.44. The van der Waals surface area contributed by atoms with Gasteiger partial charge in [-0.1, -0.05) is 12.1 Å². The standard InChI is InChI=1S/C20H26N2O3/c1-13-14(12-21)6-5-7-17(13)20(24)10-15-8-9-16(11-20)22(15)18(23)25-19(2,3)4/h5-7,15-16,24H,8-11H2,1-4H3. The molecule has 1 aromatic rings. The highest BCUT2D eigenvalue weighted by molar-refractivity contribution is 5.70. The first-order valence-corrected chi connectivity index (χ1v) is 8.88. The lowest BCUT2D eigenvalue weighted by Gasteiger charge is -2.44. The van der Waals surface area contributed by atoms with Gasteiger partial charge in [0.2, 0.25) is 0 Å². The van der Waals surface area contributed by atoms with E-state index in [1.54, 1.807) is 6.07 Å². The minimum atomic E-state index is -0.999. The average Bonchev–Trinajstić information content (AvgIpc) is 2.78. The molecule has 1 aromatic carbocycles. The molecule has 134 valence electrons. The van der Waals surface area contributed by atoms with Crippen LogP contribution in [0.3, 0.4) is 0 Å². The van der Waals surface area contributed by atoms with Gasteiger partial charge in [0.05, 0.1) is 17.2 Å². The summed E-state index contributed by atoms with van der Waals surface area (Å²) in [6, 6.07) is 7.63. The van der Waals surface area contributed by atoms with Crippen LogP contribution >= 0.6 is 0 Å². The number of hydrogen-bond donors (Lipinski definition) is 1. The largest absolute Gasteiger partial charge is 0.444 e. The van der Waals surface area contributed by atoms with Crippen molar-refractivity contribution in [2.75, 3.05) is 0 Å². The maximum Gasteiger partial charge on any atom is 0.410 e. The van der Waals surface area contributed by atoms with Crippen LogP contribution in [0, 0.1) is 18.3 Å². The first-order valence-electron chi connectivity index (χ1n) is 8.88. The summed E-state index contributed by atoms with van der Waals surface area (Å²) in [6.45, 7) is 7.48. The zero-order chi connectivity index (χ0) is 18.4. The Hall–Kier alpha value is -2.06. The molecule has 1 N–H and O–H groups in total. The van der Waals surface area contributed by atoms with Crippen LogP contribution in [0.15, 0.2) is 18.2 Å². The van der Waals surface area contributed by atoms with Gasteiger partial charge in [0, 0.05) is 24.9 Å². The van der Waals surface area contributed by atoms with E-state index in [0.717, 1.165) is 24.0 Å². The van der Waals surface area contributed by atoms with Crippen molar-refractivity contribution in [1.82, 2.24) is 4.90 Å². The Morgan fingerprint density at radius 3 is 2.44 bits per heavy atom. The first-order chi connectivity index (χ1) is 11.6. The van der Waals surface area contributed by atoms with E-state index in [0.29, 0.717) is 18.4 Å². The van der Waals surface area contributed by atoms with Gasteiger partial charge in [0.25, 0.3) is 0 Å². The smallest absolute Gasteiger partial charge is 0.410 e. The third-order valence-corrected chi connectivity index (χ3v) is 5.33. The molecular weight excluding hydrogens is 316 g/mol. The molecule has 0 spiro atoms. The summed E-state index contributed by atoms with van der Waals surface area (Å²) in [5, 5.41) is 20.6. The van der Waals surface area contributed by atoms with E-state index in [-0.39, 0.29) is 18.2 Å². The summed E-state index contributed by atoms with van der Waals surface area (Å²) in [5.41, 5.74) is 0.710. The second kappa shape index (κ2) is 6.03. The van der Waals surface area contributed by atoms with Gasteiger partial charge in [-0.25, -0.2) is 4.79 Å². The maximum absolute atomic E-state index is 12.6. The van der Waals surface area contributed by atoms with Crippen molar-refractivity contribution in [2.24, 2.45) is 0 Å². The van der Waals surface area contributed by atoms with Crippen LogP contribution in [0.4, 0.5) is 4.79 Å². The molecule has 0 radical (unpaired) electrons. The molecule has 2 unspecified atom stereocenters. The van der Waals surface area contributed by atoms with E-state index in [1.165, 1.54) is 0 Å². The second-order valence-electron chi connectivity index (χ2n) is 8.30. The van der Waals surface area contributed by atoms with Crippen molar-refractivity contribution in [2.45, 2.75) is 76.7 Å². The minimum absolute atomic E-state index is 0.0243. The quantitative estimate of drug-likeness (QED) is 0.846. The van der Waals surface area contributed by atoms with Crippen LogP contribution in [-0.2, 0) is 10.3 Å². The van der Waals surface area contributed by atoms with E-state index in [4.69, 9.17) is 4.74 Å². The van der Waals surface area contributed by atoms with Crippen LogP contribution in [0.1, 0.15) is 63.1 Å². The van der Waals surface area contributed by atoms with Crippen molar-refractivity contribution in [3.63, 3.8) is 0 Å². The first kappa shape index (κ1) is 17.8. The number of fused-ring (bicyclic) bond motifs is 2. The molecule has 0 aromatic heterocycles. The number of carbonyl (C=O) groups is 1. The monoisotopic (exact) mass is 342 g/mol. The summed E-state index contributed by atoms with van der Waals surface area (Å²) in [4.78, 5) is 14.4. The minimum Gasteiger partial charge on any atom is -0.444 e. The molecule has 0 aliphatic carbocycles. The third-order valence-electron chi connectivity index (χ3n) is 5.33. The van der Waals surface area contributed by atoms with Crippen molar-refractivity contribution < 1.29 is 14.6 Å². The van der Waals surface area contributed by atoms with Crippen LogP contribution in [0.25, 0.3) is 0 Å². The molecule has 5 heteroatoms. The molecule has 2 aliphatic heterocycles. The Balaban J connectivity index is 1.87. The highest BCUT2D eigenvalue weighted by atomic mass is 16.6. The second-order valence-corrected chi connectivity index (χ2v) is 8.30. The van der Waals surface area contributed by atoms with Gasteiger partial charge in [-0.2, -0.15) is 5.26 Å². The zero-order valence-corrected chi connectivity index (χ0v) is 15.4. The summed E-state index contributed by atoms with van der Waals surface area (Å²) in [7, 11) is 0. The topological polar surface area (TPSA) is 73.6 Å². The fourth-order valence-electron chi connectivity index (χ4n) is 4.32. The van der Waals surface area contributed by atoms with E-state index in [9.17, 15) is 15.2 Å².